The summed E-state index contributed by atoms with van der Waals surface area (Å²) in [4.78, 5) is 30.9. The number of thiazole rings is 1. The van der Waals surface area contributed by atoms with Crippen LogP contribution in [0, 0.1) is 11.8 Å². The summed E-state index contributed by atoms with van der Waals surface area (Å²) < 4.78 is 4.61. The van der Waals surface area contributed by atoms with Crippen LogP contribution < -0.4 is 5.32 Å². The number of aliphatic hydroxyl groups is 1. The molecule has 1 amide bonds. The Labute approximate surface area is 162 Å². The van der Waals surface area contributed by atoms with Gasteiger partial charge in [-0.3, -0.25) is 4.79 Å². The number of aliphatic hydroxyl groups excluding tert-OH is 1. The fourth-order valence-electron chi connectivity index (χ4n) is 2.45. The van der Waals surface area contributed by atoms with E-state index in [0.29, 0.717) is 11.4 Å². The van der Waals surface area contributed by atoms with Gasteiger partial charge in [-0.25, -0.2) is 9.78 Å². The number of methoxy groups -OCH3 is 1. The third-order valence-electron chi connectivity index (χ3n) is 4.44. The van der Waals surface area contributed by atoms with E-state index in [0.717, 1.165) is 11.3 Å². The van der Waals surface area contributed by atoms with Gasteiger partial charge in [-0.2, -0.15) is 0 Å². The highest BCUT2D eigenvalue weighted by molar-refractivity contribution is 7.09. The van der Waals surface area contributed by atoms with Gasteiger partial charge >= 0.3 is 5.97 Å². The first-order valence-electron chi connectivity index (χ1n) is 8.81. The molecular formula is C17H27N5O4S. The topological polar surface area (TPSA) is 137 Å². The van der Waals surface area contributed by atoms with Crippen molar-refractivity contribution in [2.75, 3.05) is 7.11 Å². The van der Waals surface area contributed by atoms with Gasteiger partial charge < -0.3 is 15.2 Å². The molecule has 0 fully saturated rings. The van der Waals surface area contributed by atoms with E-state index in [-0.39, 0.29) is 35.9 Å². The Kier molecular flexibility index (Phi) is 9.20. The molecule has 0 saturated carbocycles. The summed E-state index contributed by atoms with van der Waals surface area (Å²) >= 11 is 1.16. The van der Waals surface area contributed by atoms with Crippen LogP contribution in [0.5, 0.6) is 0 Å². The van der Waals surface area contributed by atoms with E-state index in [1.807, 2.05) is 27.7 Å². The van der Waals surface area contributed by atoms with Gasteiger partial charge in [0.2, 0.25) is 5.91 Å². The van der Waals surface area contributed by atoms with Crippen LogP contribution in [-0.2, 0) is 9.53 Å². The third-order valence-corrected chi connectivity index (χ3v) is 5.38. The predicted molar refractivity (Wildman–Crippen MR) is 102 cm³/mol. The van der Waals surface area contributed by atoms with E-state index in [9.17, 15) is 14.7 Å². The molecule has 1 aromatic heterocycles. The Bertz CT molecular complexity index is 687. The van der Waals surface area contributed by atoms with Crippen LogP contribution in [0.2, 0.25) is 0 Å². The van der Waals surface area contributed by atoms with Gasteiger partial charge in [-0.15, -0.1) is 11.3 Å². The summed E-state index contributed by atoms with van der Waals surface area (Å²) in [5.41, 5.74) is 8.87. The first-order chi connectivity index (χ1) is 12.7. The van der Waals surface area contributed by atoms with Gasteiger partial charge in [0.1, 0.15) is 17.2 Å². The number of rotatable bonds is 10. The molecule has 0 aliphatic heterocycles. The molecule has 150 valence electrons. The number of carbonyl (C=O) groups is 2. The van der Waals surface area contributed by atoms with Crippen LogP contribution >= 0.6 is 11.3 Å². The summed E-state index contributed by atoms with van der Waals surface area (Å²) in [6.45, 7) is 7.61. The fraction of sp³-hybridized carbons (Fsp3) is 0.706. The van der Waals surface area contributed by atoms with Crippen LogP contribution in [0.3, 0.4) is 0 Å². The van der Waals surface area contributed by atoms with Crippen molar-refractivity contribution in [2.24, 2.45) is 17.0 Å². The first-order valence-corrected chi connectivity index (χ1v) is 9.69. The fourth-order valence-corrected chi connectivity index (χ4v) is 3.24. The Morgan fingerprint density at radius 3 is 2.63 bits per heavy atom. The zero-order valence-electron chi connectivity index (χ0n) is 16.2. The average Bonchev–Trinajstić information content (AvgIpc) is 3.14. The van der Waals surface area contributed by atoms with Crippen molar-refractivity contribution in [1.29, 1.82) is 0 Å². The molecule has 0 aliphatic carbocycles. The lowest BCUT2D eigenvalue weighted by atomic mass is 9.95. The lowest BCUT2D eigenvalue weighted by molar-refractivity contribution is -0.124. The number of esters is 1. The molecule has 1 heterocycles. The molecule has 0 spiro atoms. The number of hydrogen-bond acceptors (Lipinski definition) is 7. The molecule has 0 saturated heterocycles. The number of hydrogen-bond donors (Lipinski definition) is 2. The van der Waals surface area contributed by atoms with Crippen LogP contribution in [0.4, 0.5) is 0 Å². The molecule has 0 aromatic carbocycles. The molecule has 0 radical (unpaired) electrons. The monoisotopic (exact) mass is 397 g/mol. The van der Waals surface area contributed by atoms with Crippen molar-refractivity contribution in [3.8, 4) is 0 Å². The highest BCUT2D eigenvalue weighted by atomic mass is 32.1. The Morgan fingerprint density at radius 2 is 2.11 bits per heavy atom. The number of nitrogens with one attached hydrogen (secondary N) is 1. The van der Waals surface area contributed by atoms with Crippen molar-refractivity contribution in [3.05, 3.63) is 26.5 Å². The zero-order chi connectivity index (χ0) is 20.6. The molecule has 1 aromatic rings. The van der Waals surface area contributed by atoms with Gasteiger partial charge in [0, 0.05) is 22.8 Å². The second kappa shape index (κ2) is 10.9. The van der Waals surface area contributed by atoms with Gasteiger partial charge in [0.15, 0.2) is 5.69 Å². The summed E-state index contributed by atoms with van der Waals surface area (Å²) in [7, 11) is 1.26. The van der Waals surface area contributed by atoms with Crippen LogP contribution in [-0.4, -0.2) is 41.2 Å². The predicted octanol–water partition coefficient (Wildman–Crippen LogP) is 3.22. The van der Waals surface area contributed by atoms with E-state index >= 15 is 0 Å². The third kappa shape index (κ3) is 6.50. The lowest BCUT2D eigenvalue weighted by Gasteiger charge is -2.27. The average molecular weight is 398 g/mol. The van der Waals surface area contributed by atoms with Gasteiger partial charge in [0.25, 0.3) is 0 Å². The SMILES string of the molecule is CCC(C)C(N=[N+]=[N-])C(=O)NC(CC(O)c1nc(C(=O)OC)cs1)C(C)C. The number of nitrogens with zero attached hydrogens (tertiary/aromatic N) is 4. The van der Waals surface area contributed by atoms with E-state index in [2.05, 4.69) is 25.1 Å². The standard InChI is InChI=1S/C17H27N5O4S/c1-6-10(4)14(21-22-18)15(24)19-11(9(2)3)7-13(23)16-20-12(8-27-16)17(25)26-5/h8-11,13-14,23H,6-7H2,1-5H3,(H,19,24). The van der Waals surface area contributed by atoms with Crippen molar-refractivity contribution >= 4 is 23.2 Å². The van der Waals surface area contributed by atoms with Crippen molar-refractivity contribution < 1.29 is 19.4 Å². The van der Waals surface area contributed by atoms with Gasteiger partial charge in [-0.05, 0) is 17.4 Å². The minimum Gasteiger partial charge on any atom is -0.464 e. The molecule has 0 aliphatic rings. The largest absolute Gasteiger partial charge is 0.464 e. The highest BCUT2D eigenvalue weighted by Gasteiger charge is 2.28. The Hall–Kier alpha value is -2.16. The molecule has 0 bridgehead atoms. The molecular weight excluding hydrogens is 370 g/mol. The first kappa shape index (κ1) is 22.9. The second-order valence-corrected chi connectivity index (χ2v) is 7.60. The van der Waals surface area contributed by atoms with Crippen molar-refractivity contribution in [2.45, 2.75) is 58.7 Å². The molecule has 2 N–H and O–H groups in total. The number of aromatic nitrogens is 1. The number of carbonyl (C=O) groups excluding carboxylic acids is 2. The molecule has 4 atom stereocenters. The number of ether oxygens (including phenoxy) is 1. The van der Waals surface area contributed by atoms with E-state index < -0.39 is 18.1 Å². The second-order valence-electron chi connectivity index (χ2n) is 6.71. The summed E-state index contributed by atoms with van der Waals surface area (Å²) in [5, 5.41) is 18.9. The Morgan fingerprint density at radius 1 is 1.44 bits per heavy atom. The van der Waals surface area contributed by atoms with E-state index in [1.54, 1.807) is 0 Å². The molecule has 1 rings (SSSR count). The van der Waals surface area contributed by atoms with Crippen LogP contribution in [0.25, 0.3) is 10.4 Å². The van der Waals surface area contributed by atoms with E-state index in [4.69, 9.17) is 5.53 Å². The molecule has 9 nitrogen and oxygen atoms in total. The molecule has 27 heavy (non-hydrogen) atoms. The summed E-state index contributed by atoms with van der Waals surface area (Å²) in [6.07, 6.45) is -0.0228. The minimum atomic E-state index is -0.942. The number of azide groups is 1. The normalized spacial score (nSPS) is 15.4. The molecule has 4 unspecified atom stereocenters. The minimum absolute atomic E-state index is 0.0345. The quantitative estimate of drug-likeness (QED) is 0.270. The molecule has 10 heteroatoms. The van der Waals surface area contributed by atoms with Crippen molar-refractivity contribution in [3.63, 3.8) is 0 Å². The maximum Gasteiger partial charge on any atom is 0.357 e. The maximum absolute atomic E-state index is 12.6. The lowest BCUT2D eigenvalue weighted by Crippen LogP contribution is -2.45. The summed E-state index contributed by atoms with van der Waals surface area (Å²) in [5.74, 6) is -0.987. The van der Waals surface area contributed by atoms with Crippen LogP contribution in [0.15, 0.2) is 10.5 Å². The highest BCUT2D eigenvalue weighted by Crippen LogP contribution is 2.25. The smallest absolute Gasteiger partial charge is 0.357 e. The maximum atomic E-state index is 12.6. The zero-order valence-corrected chi connectivity index (χ0v) is 17.1. The van der Waals surface area contributed by atoms with Crippen LogP contribution in [0.1, 0.15) is 62.1 Å². The van der Waals surface area contributed by atoms with E-state index in [1.165, 1.54) is 12.5 Å². The van der Waals surface area contributed by atoms with Crippen molar-refractivity contribution in [1.82, 2.24) is 10.3 Å². The Balaban J connectivity index is 2.86. The summed E-state index contributed by atoms with van der Waals surface area (Å²) in [6, 6.07) is -1.15. The number of amides is 1. The van der Waals surface area contributed by atoms with Gasteiger partial charge in [-0.1, -0.05) is 39.2 Å². The van der Waals surface area contributed by atoms with Gasteiger partial charge in [0.05, 0.1) is 7.11 Å².